The molecule has 0 spiro atoms. The summed E-state index contributed by atoms with van der Waals surface area (Å²) >= 11 is 0. The second-order valence-corrected chi connectivity index (χ2v) is 13.3. The van der Waals surface area contributed by atoms with Gasteiger partial charge in [0.1, 0.15) is 0 Å². The van der Waals surface area contributed by atoms with Crippen LogP contribution in [0.3, 0.4) is 0 Å². The molecule has 0 heterocycles. The normalized spacial score (nSPS) is 11.9. The SMILES string of the molecule is CC[Si](CC)(CC)N(CCC[SiH](OC)OC)c1ccccc1. The zero-order valence-corrected chi connectivity index (χ0v) is 17.1. The van der Waals surface area contributed by atoms with Gasteiger partial charge in [-0.25, -0.2) is 0 Å². The lowest BCUT2D eigenvalue weighted by Gasteiger charge is -2.43. The van der Waals surface area contributed by atoms with Gasteiger partial charge in [0, 0.05) is 26.5 Å². The fourth-order valence-electron chi connectivity index (χ4n) is 3.32. The van der Waals surface area contributed by atoms with Crippen molar-refractivity contribution in [3.05, 3.63) is 30.3 Å². The molecule has 0 fully saturated rings. The first kappa shape index (κ1) is 19.4. The van der Waals surface area contributed by atoms with Crippen molar-refractivity contribution >= 4 is 23.2 Å². The summed E-state index contributed by atoms with van der Waals surface area (Å²) in [6.45, 7) is 8.24. The summed E-state index contributed by atoms with van der Waals surface area (Å²) in [6, 6.07) is 16.0. The van der Waals surface area contributed by atoms with Gasteiger partial charge in [0.05, 0.1) is 0 Å². The van der Waals surface area contributed by atoms with E-state index < -0.39 is 17.5 Å². The van der Waals surface area contributed by atoms with Crippen molar-refractivity contribution in [2.45, 2.75) is 51.4 Å². The summed E-state index contributed by atoms with van der Waals surface area (Å²) in [5.41, 5.74) is 1.40. The largest absolute Gasteiger partial charge is 0.400 e. The van der Waals surface area contributed by atoms with Crippen molar-refractivity contribution in [2.75, 3.05) is 25.3 Å². The predicted octanol–water partition coefficient (Wildman–Crippen LogP) is 4.40. The maximum Gasteiger partial charge on any atom is 0.320 e. The van der Waals surface area contributed by atoms with Crippen LogP contribution in [0.1, 0.15) is 27.2 Å². The monoisotopic (exact) mass is 339 g/mol. The van der Waals surface area contributed by atoms with Crippen LogP contribution in [0.25, 0.3) is 0 Å². The first-order chi connectivity index (χ1) is 10.7. The van der Waals surface area contributed by atoms with Gasteiger partial charge in [0.15, 0.2) is 8.24 Å². The van der Waals surface area contributed by atoms with Crippen LogP contribution in [0.4, 0.5) is 5.69 Å². The molecular formula is C17H33NO2Si2. The number of anilines is 1. The van der Waals surface area contributed by atoms with Crippen LogP contribution in [0.2, 0.25) is 24.2 Å². The third-order valence-electron chi connectivity index (χ3n) is 4.96. The first-order valence-electron chi connectivity index (χ1n) is 8.55. The van der Waals surface area contributed by atoms with Crippen molar-refractivity contribution in [2.24, 2.45) is 0 Å². The van der Waals surface area contributed by atoms with Crippen LogP contribution in [0, 0.1) is 0 Å². The van der Waals surface area contributed by atoms with E-state index in [9.17, 15) is 0 Å². The Kier molecular flexibility index (Phi) is 9.01. The van der Waals surface area contributed by atoms with Gasteiger partial charge in [-0.2, -0.15) is 0 Å². The van der Waals surface area contributed by atoms with Gasteiger partial charge in [-0.15, -0.1) is 0 Å². The molecule has 0 amide bonds. The lowest BCUT2D eigenvalue weighted by atomic mass is 10.3. The summed E-state index contributed by atoms with van der Waals surface area (Å²) < 4.78 is 13.7. The highest BCUT2D eigenvalue weighted by Crippen LogP contribution is 2.30. The molecule has 0 aliphatic rings. The molecule has 0 aliphatic carbocycles. The van der Waals surface area contributed by atoms with Crippen LogP contribution in [0.15, 0.2) is 30.3 Å². The van der Waals surface area contributed by atoms with E-state index >= 15 is 0 Å². The molecule has 0 aromatic heterocycles. The van der Waals surface area contributed by atoms with Crippen molar-refractivity contribution in [1.29, 1.82) is 0 Å². The minimum atomic E-state index is -1.44. The minimum absolute atomic E-state index is 1.08. The maximum atomic E-state index is 5.46. The molecule has 5 heteroatoms. The van der Waals surface area contributed by atoms with Gasteiger partial charge in [0.25, 0.3) is 0 Å². The van der Waals surface area contributed by atoms with E-state index in [2.05, 4.69) is 55.7 Å². The molecule has 0 aliphatic heterocycles. The van der Waals surface area contributed by atoms with Gasteiger partial charge in [0.2, 0.25) is 0 Å². The van der Waals surface area contributed by atoms with Crippen molar-refractivity contribution < 1.29 is 8.85 Å². The summed E-state index contributed by atoms with van der Waals surface area (Å²) in [5.74, 6) is 0. The Bertz CT molecular complexity index is 387. The van der Waals surface area contributed by atoms with Crippen molar-refractivity contribution in [1.82, 2.24) is 0 Å². The molecule has 3 nitrogen and oxygen atoms in total. The molecule has 0 N–H and O–H groups in total. The molecule has 1 aromatic carbocycles. The molecule has 0 bridgehead atoms. The summed E-state index contributed by atoms with van der Waals surface area (Å²) in [7, 11) is 0.703. The van der Waals surface area contributed by atoms with Crippen LogP contribution in [0.5, 0.6) is 0 Å². The Morgan fingerprint density at radius 1 is 0.955 bits per heavy atom. The standard InChI is InChI=1S/C17H33NO2Si2/c1-6-22(7-2,8-3)18(17-13-10-9-11-14-17)15-12-16-21(19-4)20-5/h9-11,13-14,21H,6-8,12,15-16H2,1-5H3. The molecule has 1 aromatic rings. The topological polar surface area (TPSA) is 21.7 Å². The summed E-state index contributed by atoms with van der Waals surface area (Å²) in [6.07, 6.45) is 1.15. The van der Waals surface area contributed by atoms with E-state index in [1.807, 2.05) is 0 Å². The lowest BCUT2D eigenvalue weighted by molar-refractivity contribution is 0.277. The average molecular weight is 340 g/mol. The molecule has 0 atom stereocenters. The molecule has 22 heavy (non-hydrogen) atoms. The van der Waals surface area contributed by atoms with Gasteiger partial charge < -0.3 is 13.4 Å². The lowest BCUT2D eigenvalue weighted by Crippen LogP contribution is -2.53. The summed E-state index contributed by atoms with van der Waals surface area (Å²) in [4.78, 5) is 0. The van der Waals surface area contributed by atoms with Crippen molar-refractivity contribution in [3.8, 4) is 0 Å². The van der Waals surface area contributed by atoms with E-state index in [1.165, 1.54) is 23.8 Å². The van der Waals surface area contributed by atoms with Crippen LogP contribution >= 0.6 is 0 Å². The second kappa shape index (κ2) is 10.2. The Morgan fingerprint density at radius 2 is 1.50 bits per heavy atom. The number of rotatable bonds is 11. The Hall–Kier alpha value is -0.626. The third-order valence-corrected chi connectivity index (χ3v) is 12.5. The highest BCUT2D eigenvalue weighted by Gasteiger charge is 2.34. The predicted molar refractivity (Wildman–Crippen MR) is 102 cm³/mol. The smallest absolute Gasteiger partial charge is 0.320 e. The number of para-hydroxylation sites is 1. The number of hydrogen-bond acceptors (Lipinski definition) is 3. The van der Waals surface area contributed by atoms with E-state index in [4.69, 9.17) is 8.85 Å². The van der Waals surface area contributed by atoms with E-state index in [1.54, 1.807) is 14.2 Å². The van der Waals surface area contributed by atoms with Gasteiger partial charge in [-0.05, 0) is 42.7 Å². The minimum Gasteiger partial charge on any atom is -0.400 e. The van der Waals surface area contributed by atoms with Gasteiger partial charge >= 0.3 is 9.28 Å². The third kappa shape index (κ3) is 4.94. The summed E-state index contributed by atoms with van der Waals surface area (Å²) in [5, 5.41) is 0. The number of nitrogens with zero attached hydrogens (tertiary/aromatic N) is 1. The van der Waals surface area contributed by atoms with Crippen LogP contribution in [-0.4, -0.2) is 38.3 Å². The Balaban J connectivity index is 2.88. The highest BCUT2D eigenvalue weighted by molar-refractivity contribution is 6.83. The number of hydrogen-bond donors (Lipinski definition) is 0. The first-order valence-corrected chi connectivity index (χ1v) is 12.9. The Labute approximate surface area is 139 Å². The molecular weight excluding hydrogens is 306 g/mol. The fraction of sp³-hybridized carbons (Fsp3) is 0.647. The second-order valence-electron chi connectivity index (χ2n) is 5.82. The van der Waals surface area contributed by atoms with Crippen LogP contribution < -0.4 is 4.57 Å². The molecule has 0 unspecified atom stereocenters. The molecule has 0 radical (unpaired) electrons. The van der Waals surface area contributed by atoms with E-state index in [0.717, 1.165) is 19.0 Å². The number of benzene rings is 1. The van der Waals surface area contributed by atoms with E-state index in [-0.39, 0.29) is 0 Å². The quantitative estimate of drug-likeness (QED) is 0.558. The van der Waals surface area contributed by atoms with Crippen LogP contribution in [-0.2, 0) is 8.85 Å². The van der Waals surface area contributed by atoms with Gasteiger partial charge in [-0.1, -0.05) is 39.0 Å². The average Bonchev–Trinajstić information content (AvgIpc) is 2.59. The molecule has 0 saturated carbocycles. The highest BCUT2D eigenvalue weighted by atomic mass is 28.3. The van der Waals surface area contributed by atoms with Gasteiger partial charge in [-0.3, -0.25) is 0 Å². The maximum absolute atomic E-state index is 5.46. The van der Waals surface area contributed by atoms with Crippen molar-refractivity contribution in [3.63, 3.8) is 0 Å². The van der Waals surface area contributed by atoms with E-state index in [0.29, 0.717) is 0 Å². The molecule has 126 valence electrons. The Morgan fingerprint density at radius 3 is 1.95 bits per heavy atom. The zero-order chi connectivity index (χ0) is 16.4. The fourth-order valence-corrected chi connectivity index (χ4v) is 8.47. The molecule has 0 saturated heterocycles. The zero-order valence-electron chi connectivity index (χ0n) is 15.0. The molecule has 1 rings (SSSR count).